The van der Waals surface area contributed by atoms with E-state index in [1.165, 1.54) is 0 Å². The zero-order chi connectivity index (χ0) is 13.6. The second-order valence-electron chi connectivity index (χ2n) is 3.91. The lowest BCUT2D eigenvalue weighted by Crippen LogP contribution is -2.39. The number of halogens is 6. The van der Waals surface area contributed by atoms with Crippen molar-refractivity contribution in [2.45, 2.75) is 39.5 Å². The Balaban J connectivity index is 5.57. The maximum absolute atomic E-state index is 12.3. The van der Waals surface area contributed by atoms with E-state index in [0.717, 1.165) is 20.8 Å². The van der Waals surface area contributed by atoms with E-state index >= 15 is 0 Å². The van der Waals surface area contributed by atoms with Crippen LogP contribution in [-0.4, -0.2) is 12.4 Å². The summed E-state index contributed by atoms with van der Waals surface area (Å²) in [6, 6.07) is 0. The van der Waals surface area contributed by atoms with Gasteiger partial charge in [-0.05, 0) is 11.8 Å². The molecule has 0 saturated carbocycles. The fourth-order valence-corrected chi connectivity index (χ4v) is 0.782. The van der Waals surface area contributed by atoms with Crippen LogP contribution in [0.2, 0.25) is 0 Å². The van der Waals surface area contributed by atoms with Gasteiger partial charge in [0.25, 0.3) is 0 Å². The molecule has 0 radical (unpaired) electrons. The van der Waals surface area contributed by atoms with Crippen molar-refractivity contribution in [1.29, 1.82) is 0 Å². The van der Waals surface area contributed by atoms with Crippen molar-refractivity contribution in [2.75, 3.05) is 0 Å². The first-order chi connectivity index (χ1) is 6.62. The molecule has 0 aliphatic carbocycles. The predicted molar refractivity (Wildman–Crippen MR) is 39.7 cm³/mol. The number of rotatable bonds is 1. The van der Waals surface area contributed by atoms with Gasteiger partial charge in [-0.25, -0.2) is 0 Å². The Morgan fingerprint density at radius 2 is 1.21 bits per heavy atom. The third-order valence-electron chi connectivity index (χ3n) is 1.23. The summed E-state index contributed by atoms with van der Waals surface area (Å²) in [6.07, 6.45) is -14.7. The van der Waals surface area contributed by atoms with Gasteiger partial charge < -0.3 is 0 Å². The molecule has 0 amide bonds. The van der Waals surface area contributed by atoms with Crippen LogP contribution in [0.5, 0.6) is 0 Å². The highest BCUT2D eigenvalue weighted by Gasteiger charge is 2.57. The number of alkyl halides is 6. The molecule has 0 nitrogen and oxygen atoms in total. The summed E-state index contributed by atoms with van der Waals surface area (Å²) >= 11 is 0. The quantitative estimate of drug-likeness (QED) is 0.586. The molecule has 0 heterocycles. The summed E-state index contributed by atoms with van der Waals surface area (Å²) in [6.45, 7) is 2.99. The van der Waals surface area contributed by atoms with Gasteiger partial charge in [-0.2, -0.15) is 26.3 Å². The van der Waals surface area contributed by atoms with Crippen molar-refractivity contribution in [3.05, 3.63) is 0 Å². The number of hydrogen-bond donors (Lipinski definition) is 0. The van der Waals surface area contributed by atoms with E-state index in [1.54, 1.807) is 0 Å². The first-order valence-electron chi connectivity index (χ1n) is 4.75. The molecular formula is C8H12F6. The van der Waals surface area contributed by atoms with Gasteiger partial charge in [0.15, 0.2) is 5.92 Å². The molecule has 0 rings (SSSR count). The lowest BCUT2D eigenvalue weighted by Gasteiger charge is -2.29. The Kier molecular flexibility index (Phi) is 2.62. The van der Waals surface area contributed by atoms with E-state index in [9.17, 15) is 26.3 Å². The van der Waals surface area contributed by atoms with Gasteiger partial charge in [0.2, 0.25) is 0 Å². The summed E-state index contributed by atoms with van der Waals surface area (Å²) in [5.74, 6) is -3.98. The highest BCUT2D eigenvalue weighted by atomic mass is 19.4. The summed E-state index contributed by atoms with van der Waals surface area (Å²) < 4.78 is 87.8. The van der Waals surface area contributed by atoms with Crippen molar-refractivity contribution >= 4 is 0 Å². The van der Waals surface area contributed by atoms with E-state index in [-0.39, 0.29) is 0 Å². The van der Waals surface area contributed by atoms with Crippen LogP contribution in [0.25, 0.3) is 0 Å². The lowest BCUT2D eigenvalue weighted by atomic mass is 9.84. The van der Waals surface area contributed by atoms with Gasteiger partial charge in [-0.1, -0.05) is 20.8 Å². The topological polar surface area (TPSA) is 0 Å². The largest absolute Gasteiger partial charge is 0.400 e. The molecule has 86 valence electrons. The van der Waals surface area contributed by atoms with Crippen molar-refractivity contribution in [1.82, 2.24) is 0 Å². The van der Waals surface area contributed by atoms with Crippen LogP contribution in [0.4, 0.5) is 26.3 Å². The van der Waals surface area contributed by atoms with Gasteiger partial charge in [-0.15, -0.1) is 0 Å². The standard InChI is InChI=1S/C8H12F6/c1-6(2,3)4-5(7(9,10)11)8(12,13)14/h5H,4H2,1-3H3/i4D2. The van der Waals surface area contributed by atoms with E-state index in [0.29, 0.717) is 0 Å². The van der Waals surface area contributed by atoms with Crippen molar-refractivity contribution in [3.63, 3.8) is 0 Å². The Morgan fingerprint density at radius 3 is 1.29 bits per heavy atom. The van der Waals surface area contributed by atoms with Crippen LogP contribution in [-0.2, 0) is 0 Å². The maximum Gasteiger partial charge on any atom is 0.400 e. The van der Waals surface area contributed by atoms with E-state index in [4.69, 9.17) is 2.74 Å². The summed E-state index contributed by atoms with van der Waals surface area (Å²) in [5.41, 5.74) is -1.78. The molecule has 6 heteroatoms. The normalized spacial score (nSPS) is 18.1. The Bertz CT molecular complexity index is 233. The second-order valence-corrected chi connectivity index (χ2v) is 3.91. The Hall–Kier alpha value is -0.420. The molecule has 0 aromatic carbocycles. The first kappa shape index (κ1) is 10.1. The zero-order valence-corrected chi connectivity index (χ0v) is 7.85. The number of hydrogen-bond acceptors (Lipinski definition) is 0. The first-order valence-corrected chi connectivity index (χ1v) is 3.75. The van der Waals surface area contributed by atoms with Gasteiger partial charge in [0.05, 0.1) is 0 Å². The van der Waals surface area contributed by atoms with Crippen LogP contribution in [0.15, 0.2) is 0 Å². The average molecular weight is 224 g/mol. The molecule has 0 fully saturated rings. The van der Waals surface area contributed by atoms with Crippen LogP contribution in [0.3, 0.4) is 0 Å². The molecule has 0 spiro atoms. The summed E-state index contributed by atoms with van der Waals surface area (Å²) in [5, 5.41) is 0. The van der Waals surface area contributed by atoms with E-state index in [1.807, 2.05) is 0 Å². The third-order valence-corrected chi connectivity index (χ3v) is 1.23. The highest BCUT2D eigenvalue weighted by Crippen LogP contribution is 2.45. The molecule has 0 aromatic rings. The van der Waals surface area contributed by atoms with Gasteiger partial charge in [0.1, 0.15) is 0 Å². The van der Waals surface area contributed by atoms with Gasteiger partial charge >= 0.3 is 12.4 Å². The van der Waals surface area contributed by atoms with Crippen molar-refractivity contribution < 1.29 is 29.1 Å². The predicted octanol–water partition coefficient (Wildman–Crippen LogP) is 4.16. The molecule has 14 heavy (non-hydrogen) atoms. The minimum absolute atomic E-state index is 0.998. The monoisotopic (exact) mass is 224 g/mol. The fraction of sp³-hybridized carbons (Fsp3) is 1.00. The maximum atomic E-state index is 12.3. The van der Waals surface area contributed by atoms with E-state index < -0.39 is 30.1 Å². The van der Waals surface area contributed by atoms with Crippen molar-refractivity contribution in [3.8, 4) is 0 Å². The van der Waals surface area contributed by atoms with Crippen molar-refractivity contribution in [2.24, 2.45) is 11.3 Å². The molecule has 0 N–H and O–H groups in total. The lowest BCUT2D eigenvalue weighted by molar-refractivity contribution is -0.290. The summed E-state index contributed by atoms with van der Waals surface area (Å²) in [7, 11) is 0. The molecule has 0 saturated heterocycles. The molecule has 0 atom stereocenters. The Labute approximate surface area is 81.1 Å². The SMILES string of the molecule is [2H]C([2H])(C(C(F)(F)F)C(F)(F)F)C(C)(C)C. The smallest absolute Gasteiger partial charge is 0.170 e. The Morgan fingerprint density at radius 1 is 0.929 bits per heavy atom. The van der Waals surface area contributed by atoms with Crippen LogP contribution < -0.4 is 0 Å². The molecule has 0 bridgehead atoms. The molecule has 0 aromatic heterocycles. The molecule has 0 unspecified atom stereocenters. The van der Waals surface area contributed by atoms with Gasteiger partial charge in [-0.3, -0.25) is 0 Å². The fourth-order valence-electron chi connectivity index (χ4n) is 0.782. The minimum Gasteiger partial charge on any atom is -0.170 e. The molecule has 0 aliphatic heterocycles. The minimum atomic E-state index is -5.66. The molecular weight excluding hydrogens is 210 g/mol. The average Bonchev–Trinajstić information content (AvgIpc) is 1.72. The van der Waals surface area contributed by atoms with E-state index in [2.05, 4.69) is 0 Å². The van der Waals surface area contributed by atoms with Crippen LogP contribution in [0.1, 0.15) is 29.9 Å². The second kappa shape index (κ2) is 3.62. The summed E-state index contributed by atoms with van der Waals surface area (Å²) in [4.78, 5) is 0. The van der Waals surface area contributed by atoms with Crippen LogP contribution >= 0.6 is 0 Å². The highest BCUT2D eigenvalue weighted by molar-refractivity contribution is 4.80. The van der Waals surface area contributed by atoms with Gasteiger partial charge in [0, 0.05) is 2.74 Å². The third kappa shape index (κ3) is 4.72. The zero-order valence-electron chi connectivity index (χ0n) is 9.85. The molecule has 0 aliphatic rings. The van der Waals surface area contributed by atoms with Crippen LogP contribution in [0, 0.1) is 11.3 Å².